The van der Waals surface area contributed by atoms with Crippen molar-refractivity contribution in [1.82, 2.24) is 14.7 Å². The molecule has 0 unspecified atom stereocenters. The van der Waals surface area contributed by atoms with E-state index >= 15 is 0 Å². The number of rotatable bonds is 9. The SMILES string of the molecule is CCNc1ncc(S(=O)(=O)NCCOCC(N)=O)cn1. The Morgan fingerprint density at radius 1 is 1.40 bits per heavy atom. The van der Waals surface area contributed by atoms with Crippen LogP contribution in [-0.4, -0.2) is 50.6 Å². The maximum absolute atomic E-state index is 11.8. The van der Waals surface area contributed by atoms with E-state index in [1.165, 1.54) is 12.4 Å². The van der Waals surface area contributed by atoms with Crippen LogP contribution >= 0.6 is 0 Å². The number of hydrogen-bond donors (Lipinski definition) is 3. The number of amides is 1. The molecular weight excluding hydrogens is 286 g/mol. The maximum Gasteiger partial charge on any atom is 0.243 e. The third-order valence-electron chi connectivity index (χ3n) is 2.06. The molecule has 20 heavy (non-hydrogen) atoms. The summed E-state index contributed by atoms with van der Waals surface area (Å²) >= 11 is 0. The van der Waals surface area contributed by atoms with Crippen LogP contribution in [0.2, 0.25) is 0 Å². The maximum atomic E-state index is 11.8. The smallest absolute Gasteiger partial charge is 0.243 e. The van der Waals surface area contributed by atoms with Gasteiger partial charge in [-0.2, -0.15) is 0 Å². The summed E-state index contributed by atoms with van der Waals surface area (Å²) in [7, 11) is -3.69. The van der Waals surface area contributed by atoms with Gasteiger partial charge in [-0.3, -0.25) is 4.79 Å². The van der Waals surface area contributed by atoms with Crippen LogP contribution in [0.5, 0.6) is 0 Å². The highest BCUT2D eigenvalue weighted by Crippen LogP contribution is 2.06. The van der Waals surface area contributed by atoms with Crippen LogP contribution in [0.15, 0.2) is 17.3 Å². The summed E-state index contributed by atoms with van der Waals surface area (Å²) in [5.41, 5.74) is 4.87. The van der Waals surface area contributed by atoms with E-state index in [4.69, 9.17) is 10.5 Å². The summed E-state index contributed by atoms with van der Waals surface area (Å²) in [5.74, 6) is -0.253. The quantitative estimate of drug-likeness (QED) is 0.482. The Morgan fingerprint density at radius 2 is 2.05 bits per heavy atom. The number of sulfonamides is 1. The van der Waals surface area contributed by atoms with Crippen LogP contribution in [0.3, 0.4) is 0 Å². The zero-order valence-corrected chi connectivity index (χ0v) is 11.8. The molecule has 0 spiro atoms. The van der Waals surface area contributed by atoms with Gasteiger partial charge in [0.15, 0.2) is 0 Å². The van der Waals surface area contributed by atoms with Crippen LogP contribution in [0.25, 0.3) is 0 Å². The zero-order chi connectivity index (χ0) is 15.0. The molecule has 1 heterocycles. The molecule has 1 aromatic heterocycles. The van der Waals surface area contributed by atoms with Gasteiger partial charge < -0.3 is 15.8 Å². The van der Waals surface area contributed by atoms with E-state index in [-0.39, 0.29) is 24.7 Å². The Kier molecular flexibility index (Phi) is 6.28. The normalized spacial score (nSPS) is 11.2. The predicted molar refractivity (Wildman–Crippen MR) is 71.4 cm³/mol. The van der Waals surface area contributed by atoms with Crippen molar-refractivity contribution in [2.24, 2.45) is 5.73 Å². The number of nitrogens with two attached hydrogens (primary N) is 1. The Bertz CT molecular complexity index is 531. The molecule has 1 amide bonds. The highest BCUT2D eigenvalue weighted by atomic mass is 32.2. The minimum absolute atomic E-state index is 0.0184. The summed E-state index contributed by atoms with van der Waals surface area (Å²) in [5, 5.41) is 2.86. The van der Waals surface area contributed by atoms with Crippen molar-refractivity contribution in [1.29, 1.82) is 0 Å². The molecule has 0 radical (unpaired) electrons. The van der Waals surface area contributed by atoms with Crippen molar-refractivity contribution in [3.05, 3.63) is 12.4 Å². The first-order valence-corrected chi connectivity index (χ1v) is 7.35. The summed E-state index contributed by atoms with van der Waals surface area (Å²) in [6.45, 7) is 2.33. The lowest BCUT2D eigenvalue weighted by atomic mass is 10.6. The van der Waals surface area contributed by atoms with Crippen molar-refractivity contribution in [3.8, 4) is 0 Å². The topological polar surface area (TPSA) is 136 Å². The standard InChI is InChI=1S/C10H17N5O4S/c1-2-12-10-13-5-8(6-14-10)20(17,18)15-3-4-19-7-9(11)16/h5-6,15H,2-4,7H2,1H3,(H2,11,16)(H,12,13,14). The fourth-order valence-corrected chi connectivity index (χ4v) is 2.11. The second kappa shape index (κ2) is 7.72. The van der Waals surface area contributed by atoms with Crippen LogP contribution in [0.4, 0.5) is 5.95 Å². The van der Waals surface area contributed by atoms with Gasteiger partial charge >= 0.3 is 0 Å². The number of anilines is 1. The van der Waals surface area contributed by atoms with Crippen molar-refractivity contribution >= 4 is 21.9 Å². The third kappa shape index (κ3) is 5.47. The highest BCUT2D eigenvalue weighted by molar-refractivity contribution is 7.89. The van der Waals surface area contributed by atoms with Crippen LogP contribution in [0.1, 0.15) is 6.92 Å². The molecule has 0 aliphatic carbocycles. The first-order valence-electron chi connectivity index (χ1n) is 5.87. The lowest BCUT2D eigenvalue weighted by Crippen LogP contribution is -2.29. The van der Waals surface area contributed by atoms with E-state index in [0.29, 0.717) is 12.5 Å². The summed E-state index contributed by atoms with van der Waals surface area (Å²) in [6, 6.07) is 0. The molecule has 1 aromatic rings. The van der Waals surface area contributed by atoms with Crippen molar-refractivity contribution in [2.75, 3.05) is 31.6 Å². The van der Waals surface area contributed by atoms with Gasteiger partial charge in [0.25, 0.3) is 0 Å². The molecule has 0 aliphatic heterocycles. The van der Waals surface area contributed by atoms with Crippen LogP contribution < -0.4 is 15.8 Å². The molecule has 10 heteroatoms. The Morgan fingerprint density at radius 3 is 2.60 bits per heavy atom. The molecule has 9 nitrogen and oxygen atoms in total. The highest BCUT2D eigenvalue weighted by Gasteiger charge is 2.14. The Labute approximate surface area is 117 Å². The average Bonchev–Trinajstić information content (AvgIpc) is 2.39. The van der Waals surface area contributed by atoms with E-state index in [1.54, 1.807) is 0 Å². The molecule has 0 atom stereocenters. The number of ether oxygens (including phenoxy) is 1. The summed E-state index contributed by atoms with van der Waals surface area (Å²) in [6.07, 6.45) is 2.41. The molecular formula is C10H17N5O4S. The number of hydrogen-bond acceptors (Lipinski definition) is 7. The monoisotopic (exact) mass is 303 g/mol. The van der Waals surface area contributed by atoms with Crippen molar-refractivity contribution in [2.45, 2.75) is 11.8 Å². The van der Waals surface area contributed by atoms with Gasteiger partial charge in [-0.15, -0.1) is 0 Å². The van der Waals surface area contributed by atoms with E-state index in [9.17, 15) is 13.2 Å². The van der Waals surface area contributed by atoms with Crippen molar-refractivity contribution in [3.63, 3.8) is 0 Å². The number of carbonyl (C=O) groups is 1. The van der Waals surface area contributed by atoms with Gasteiger partial charge in [-0.05, 0) is 6.92 Å². The fourth-order valence-electron chi connectivity index (χ4n) is 1.21. The van der Waals surface area contributed by atoms with Crippen LogP contribution in [0, 0.1) is 0 Å². The van der Waals surface area contributed by atoms with Gasteiger partial charge in [0.1, 0.15) is 11.5 Å². The third-order valence-corrected chi connectivity index (χ3v) is 3.47. The molecule has 4 N–H and O–H groups in total. The molecule has 0 bridgehead atoms. The van der Waals surface area contributed by atoms with Crippen LogP contribution in [-0.2, 0) is 19.6 Å². The van der Waals surface area contributed by atoms with E-state index in [2.05, 4.69) is 20.0 Å². The second-order valence-electron chi connectivity index (χ2n) is 3.69. The molecule has 1 rings (SSSR count). The number of primary amides is 1. The number of nitrogens with zero attached hydrogens (tertiary/aromatic N) is 2. The Hall–Kier alpha value is -1.78. The zero-order valence-electron chi connectivity index (χ0n) is 11.0. The Balaban J connectivity index is 2.49. The average molecular weight is 303 g/mol. The molecule has 0 saturated heterocycles. The van der Waals surface area contributed by atoms with E-state index in [0.717, 1.165) is 0 Å². The van der Waals surface area contributed by atoms with Gasteiger partial charge in [0.2, 0.25) is 21.9 Å². The summed E-state index contributed by atoms with van der Waals surface area (Å²) in [4.78, 5) is 18.1. The number of carbonyl (C=O) groups excluding carboxylic acids is 1. The van der Waals surface area contributed by atoms with Gasteiger partial charge in [-0.1, -0.05) is 0 Å². The van der Waals surface area contributed by atoms with E-state index in [1.807, 2.05) is 6.92 Å². The lowest BCUT2D eigenvalue weighted by Gasteiger charge is -2.07. The number of nitrogens with one attached hydrogen (secondary N) is 2. The van der Waals surface area contributed by atoms with Gasteiger partial charge in [-0.25, -0.2) is 23.1 Å². The minimum Gasteiger partial charge on any atom is -0.370 e. The van der Waals surface area contributed by atoms with E-state index < -0.39 is 15.9 Å². The minimum atomic E-state index is -3.69. The van der Waals surface area contributed by atoms with Gasteiger partial charge in [0.05, 0.1) is 19.0 Å². The first-order chi connectivity index (χ1) is 9.45. The molecule has 112 valence electrons. The lowest BCUT2D eigenvalue weighted by molar-refractivity contribution is -0.122. The molecule has 0 aromatic carbocycles. The van der Waals surface area contributed by atoms with Gasteiger partial charge in [0, 0.05) is 13.1 Å². The predicted octanol–water partition coefficient (Wildman–Crippen LogP) is -1.31. The molecule has 0 saturated carbocycles. The number of aromatic nitrogens is 2. The largest absolute Gasteiger partial charge is 0.370 e. The second-order valence-corrected chi connectivity index (χ2v) is 5.46. The molecule has 0 aliphatic rings. The molecule has 0 fully saturated rings. The first kappa shape index (κ1) is 16.3. The summed E-state index contributed by atoms with van der Waals surface area (Å²) < 4.78 is 30.8. The fraction of sp³-hybridized carbons (Fsp3) is 0.500. The van der Waals surface area contributed by atoms with Crippen molar-refractivity contribution < 1.29 is 17.9 Å².